The Morgan fingerprint density at radius 2 is 1.77 bits per heavy atom. The molecule has 9 heteroatoms. The van der Waals surface area contributed by atoms with Crippen LogP contribution < -0.4 is 5.32 Å². The summed E-state index contributed by atoms with van der Waals surface area (Å²) in [6.45, 7) is 7.66. The number of nitrogens with zero attached hydrogens (tertiary/aromatic N) is 5. The number of carbonyl (C=O) groups is 1. The Morgan fingerprint density at radius 1 is 1.00 bits per heavy atom. The van der Waals surface area contributed by atoms with Gasteiger partial charge in [-0.25, -0.2) is 9.78 Å². The molecule has 0 bridgehead atoms. The maximum absolute atomic E-state index is 13.0. The molecule has 184 valence electrons. The van der Waals surface area contributed by atoms with Crippen LogP contribution in [0.2, 0.25) is 5.02 Å². The van der Waals surface area contributed by atoms with E-state index in [4.69, 9.17) is 16.0 Å². The van der Waals surface area contributed by atoms with Crippen molar-refractivity contribution in [3.63, 3.8) is 0 Å². The van der Waals surface area contributed by atoms with Crippen molar-refractivity contribution in [3.8, 4) is 22.7 Å². The molecule has 0 radical (unpaired) electrons. The average Bonchev–Trinajstić information content (AvgIpc) is 3.30. The number of carbonyl (C=O) groups excluding carboxylic acids is 1. The molecule has 5 rings (SSSR count). The number of halogens is 1. The Morgan fingerprint density at radius 3 is 2.46 bits per heavy atom. The van der Waals surface area contributed by atoms with Crippen LogP contribution in [0.5, 0.6) is 0 Å². The number of hydrogen-bond donors (Lipinski definition) is 1. The van der Waals surface area contributed by atoms with Gasteiger partial charge in [-0.15, -0.1) is 10.2 Å². The van der Waals surface area contributed by atoms with Crippen molar-refractivity contribution in [3.05, 3.63) is 46.7 Å². The lowest BCUT2D eigenvalue weighted by Gasteiger charge is -2.40. The number of aryl methyl sites for hydroxylation is 2. The van der Waals surface area contributed by atoms with Gasteiger partial charge in [-0.3, -0.25) is 5.32 Å². The number of furan rings is 1. The molecule has 0 unspecified atom stereocenters. The Balaban J connectivity index is 1.33. The molecule has 2 fully saturated rings. The Labute approximate surface area is 210 Å². The number of likely N-dealkylation sites (tertiary alicyclic amines) is 2. The normalized spacial score (nSPS) is 17.5. The number of rotatable bonds is 4. The third-order valence-corrected chi connectivity index (χ3v) is 7.07. The quantitative estimate of drug-likeness (QED) is 0.511. The van der Waals surface area contributed by atoms with Crippen molar-refractivity contribution in [1.29, 1.82) is 0 Å². The molecule has 2 aromatic heterocycles. The highest BCUT2D eigenvalue weighted by molar-refractivity contribution is 6.31. The van der Waals surface area contributed by atoms with E-state index in [0.717, 1.165) is 42.8 Å². The lowest BCUT2D eigenvalue weighted by molar-refractivity contribution is 0.104. The minimum absolute atomic E-state index is 0.153. The highest BCUT2D eigenvalue weighted by Crippen LogP contribution is 2.32. The zero-order valence-electron chi connectivity index (χ0n) is 20.3. The fraction of sp³-hybridized carbons (Fsp3) is 0.462. The lowest BCUT2D eigenvalue weighted by atomic mass is 10.0. The molecular formula is C26H31ClN6O2. The Kier molecular flexibility index (Phi) is 7.02. The number of amides is 2. The number of nitrogens with one attached hydrogen (secondary N) is 1. The molecule has 1 N–H and O–H groups in total. The van der Waals surface area contributed by atoms with Crippen molar-refractivity contribution in [2.45, 2.75) is 52.0 Å². The number of hydrogen-bond acceptors (Lipinski definition) is 6. The molecule has 2 saturated heterocycles. The Hall–Kier alpha value is -2.97. The molecule has 2 aliphatic rings. The largest absolute Gasteiger partial charge is 0.460 e. The number of benzene rings is 1. The summed E-state index contributed by atoms with van der Waals surface area (Å²) < 4.78 is 5.85. The summed E-state index contributed by atoms with van der Waals surface area (Å²) in [4.78, 5) is 22.1. The molecule has 4 heterocycles. The van der Waals surface area contributed by atoms with Crippen molar-refractivity contribution in [2.24, 2.45) is 0 Å². The van der Waals surface area contributed by atoms with E-state index in [1.54, 1.807) is 0 Å². The second-order valence-corrected chi connectivity index (χ2v) is 9.94. The molecule has 2 amide bonds. The second-order valence-electron chi connectivity index (χ2n) is 9.51. The molecule has 0 spiro atoms. The number of urea groups is 1. The van der Waals surface area contributed by atoms with E-state index >= 15 is 0 Å². The predicted molar refractivity (Wildman–Crippen MR) is 136 cm³/mol. The monoisotopic (exact) mass is 494 g/mol. The van der Waals surface area contributed by atoms with Gasteiger partial charge in [0.2, 0.25) is 0 Å². The first-order valence-electron chi connectivity index (χ1n) is 12.4. The Bertz CT molecular complexity index is 1180. The molecule has 1 aromatic carbocycles. The SMILES string of the molecule is Cc1cc(Cl)cc(-c2nnc(NC(=O)N3CCC(N4CCCCC4)CC3)nc2-c2ccc(C)o2)c1. The molecule has 0 atom stereocenters. The van der Waals surface area contributed by atoms with Crippen molar-refractivity contribution >= 4 is 23.6 Å². The molecule has 2 aliphatic heterocycles. The van der Waals surface area contributed by atoms with Crippen LogP contribution in [0.3, 0.4) is 0 Å². The van der Waals surface area contributed by atoms with Crippen molar-refractivity contribution in [2.75, 3.05) is 31.5 Å². The van der Waals surface area contributed by atoms with Gasteiger partial charge >= 0.3 is 6.03 Å². The summed E-state index contributed by atoms with van der Waals surface area (Å²) in [7, 11) is 0. The fourth-order valence-electron chi connectivity index (χ4n) is 5.07. The van der Waals surface area contributed by atoms with Crippen LogP contribution in [0, 0.1) is 13.8 Å². The maximum atomic E-state index is 13.0. The van der Waals surface area contributed by atoms with E-state index in [-0.39, 0.29) is 12.0 Å². The summed E-state index contributed by atoms with van der Waals surface area (Å²) in [5.41, 5.74) is 2.84. The number of piperidine rings is 2. The van der Waals surface area contributed by atoms with Gasteiger partial charge in [0, 0.05) is 29.7 Å². The third-order valence-electron chi connectivity index (χ3n) is 6.85. The first-order valence-corrected chi connectivity index (χ1v) is 12.7. The minimum atomic E-state index is -0.197. The van der Waals surface area contributed by atoms with Crippen LogP contribution in [0.25, 0.3) is 22.7 Å². The summed E-state index contributed by atoms with van der Waals surface area (Å²) in [5.74, 6) is 1.47. The zero-order chi connectivity index (χ0) is 24.4. The first-order chi connectivity index (χ1) is 17.0. The molecule has 35 heavy (non-hydrogen) atoms. The molecule has 0 aliphatic carbocycles. The van der Waals surface area contributed by atoms with Gasteiger partial charge < -0.3 is 14.2 Å². The molecule has 8 nitrogen and oxygen atoms in total. The molecule has 3 aromatic rings. The van der Waals surface area contributed by atoms with Gasteiger partial charge in [0.25, 0.3) is 5.95 Å². The molecular weight excluding hydrogens is 464 g/mol. The van der Waals surface area contributed by atoms with Crippen molar-refractivity contribution < 1.29 is 9.21 Å². The third kappa shape index (κ3) is 5.49. The summed E-state index contributed by atoms with van der Waals surface area (Å²) in [5, 5.41) is 12.1. The van der Waals surface area contributed by atoms with E-state index in [2.05, 4.69) is 25.4 Å². The van der Waals surface area contributed by atoms with Crippen LogP contribution >= 0.6 is 11.6 Å². The summed E-state index contributed by atoms with van der Waals surface area (Å²) >= 11 is 6.29. The highest BCUT2D eigenvalue weighted by atomic mass is 35.5. The summed E-state index contributed by atoms with van der Waals surface area (Å²) in [6, 6.07) is 9.77. The average molecular weight is 495 g/mol. The van der Waals surface area contributed by atoms with Crippen LogP contribution in [0.15, 0.2) is 34.7 Å². The van der Waals surface area contributed by atoms with E-state index in [1.807, 2.05) is 49.1 Å². The van der Waals surface area contributed by atoms with Crippen LogP contribution in [0.4, 0.5) is 10.7 Å². The van der Waals surface area contributed by atoms with Gasteiger partial charge in [-0.2, -0.15) is 0 Å². The van der Waals surface area contributed by atoms with Gasteiger partial charge in [0.05, 0.1) is 0 Å². The first kappa shape index (κ1) is 23.8. The van der Waals surface area contributed by atoms with E-state index in [9.17, 15) is 4.79 Å². The molecule has 0 saturated carbocycles. The van der Waals surface area contributed by atoms with Crippen LogP contribution in [-0.4, -0.2) is 63.2 Å². The van der Waals surface area contributed by atoms with Gasteiger partial charge in [-0.05, 0) is 88.5 Å². The zero-order valence-corrected chi connectivity index (χ0v) is 21.0. The predicted octanol–water partition coefficient (Wildman–Crippen LogP) is 5.55. The fourth-order valence-corrected chi connectivity index (χ4v) is 5.36. The van der Waals surface area contributed by atoms with Gasteiger partial charge in [0.1, 0.15) is 17.1 Å². The number of anilines is 1. The van der Waals surface area contributed by atoms with E-state index in [0.29, 0.717) is 28.2 Å². The smallest absolute Gasteiger partial charge is 0.324 e. The minimum Gasteiger partial charge on any atom is -0.460 e. The van der Waals surface area contributed by atoms with E-state index in [1.165, 1.54) is 32.4 Å². The topological polar surface area (TPSA) is 87.4 Å². The summed E-state index contributed by atoms with van der Waals surface area (Å²) in [6.07, 6.45) is 5.90. The highest BCUT2D eigenvalue weighted by Gasteiger charge is 2.28. The maximum Gasteiger partial charge on any atom is 0.324 e. The van der Waals surface area contributed by atoms with Crippen LogP contribution in [0.1, 0.15) is 43.4 Å². The second kappa shape index (κ2) is 10.3. The van der Waals surface area contributed by atoms with Crippen LogP contribution in [-0.2, 0) is 0 Å². The van der Waals surface area contributed by atoms with E-state index < -0.39 is 0 Å². The van der Waals surface area contributed by atoms with Gasteiger partial charge in [-0.1, -0.05) is 18.0 Å². The number of aromatic nitrogens is 3. The standard InChI is InChI=1S/C26H31ClN6O2/c1-17-14-19(16-20(27)15-17)23-24(22-7-6-18(2)35-22)28-25(31-30-23)29-26(34)33-12-8-21(9-13-33)32-10-4-3-5-11-32/h6-7,14-16,21H,3-5,8-13H2,1-2H3,(H,28,29,31,34). The lowest BCUT2D eigenvalue weighted by Crippen LogP contribution is -2.49. The van der Waals surface area contributed by atoms with Gasteiger partial charge in [0.15, 0.2) is 5.76 Å². The van der Waals surface area contributed by atoms with Crippen molar-refractivity contribution in [1.82, 2.24) is 25.0 Å².